The maximum Gasteiger partial charge on any atom is 0.165 e. The predicted octanol–water partition coefficient (Wildman–Crippen LogP) is 5.83. The predicted molar refractivity (Wildman–Crippen MR) is 155 cm³/mol. The summed E-state index contributed by atoms with van der Waals surface area (Å²) in [5.74, 6) is 2.12. The molecule has 39 heavy (non-hydrogen) atoms. The molecule has 1 saturated heterocycles. The molecular weight excluding hydrogens is 531 g/mol. The summed E-state index contributed by atoms with van der Waals surface area (Å²) in [6, 6.07) is 10.1. The lowest BCUT2D eigenvalue weighted by Crippen LogP contribution is -2.78. The average molecular weight is 572 g/mol. The molecule has 2 aliphatic heterocycles. The minimum absolute atomic E-state index is 0.108. The SMILES string of the molecule is CC(C)CN(CCc1ccc(Cl)c(Cl)c1)[C@H]1CC[C@@]2(O)[C@H]3Cc4ccc(O)c5c4[C@@]2(CCN3CC2CC2)[C@H]1O5. The smallest absolute Gasteiger partial charge is 0.165 e. The molecule has 0 aromatic heterocycles. The van der Waals surface area contributed by atoms with Crippen molar-refractivity contribution in [3.63, 3.8) is 0 Å². The molecule has 5 aliphatic rings. The van der Waals surface area contributed by atoms with Crippen LogP contribution in [-0.4, -0.2) is 70.0 Å². The van der Waals surface area contributed by atoms with Crippen LogP contribution in [0.3, 0.4) is 0 Å². The van der Waals surface area contributed by atoms with Crippen molar-refractivity contribution in [1.82, 2.24) is 9.80 Å². The Balaban J connectivity index is 1.26. The van der Waals surface area contributed by atoms with E-state index in [4.69, 9.17) is 27.9 Å². The summed E-state index contributed by atoms with van der Waals surface area (Å²) in [6.45, 7) is 8.45. The molecule has 210 valence electrons. The van der Waals surface area contributed by atoms with Gasteiger partial charge >= 0.3 is 0 Å². The second kappa shape index (κ2) is 9.52. The van der Waals surface area contributed by atoms with Gasteiger partial charge in [-0.2, -0.15) is 0 Å². The number of piperidine rings is 1. The highest BCUT2D eigenvalue weighted by atomic mass is 35.5. The van der Waals surface area contributed by atoms with Crippen molar-refractivity contribution in [2.45, 2.75) is 88.0 Å². The van der Waals surface area contributed by atoms with Crippen LogP contribution < -0.4 is 4.74 Å². The number of benzene rings is 2. The summed E-state index contributed by atoms with van der Waals surface area (Å²) in [5, 5.41) is 25.0. The summed E-state index contributed by atoms with van der Waals surface area (Å²) >= 11 is 12.5. The third-order valence-corrected chi connectivity index (χ3v) is 11.2. The molecule has 3 fully saturated rings. The molecule has 5 nitrogen and oxygen atoms in total. The van der Waals surface area contributed by atoms with Crippen molar-refractivity contribution >= 4 is 23.2 Å². The number of rotatable bonds is 8. The lowest BCUT2D eigenvalue weighted by atomic mass is 9.48. The van der Waals surface area contributed by atoms with Crippen molar-refractivity contribution in [2.75, 3.05) is 26.2 Å². The first-order valence-corrected chi connectivity index (χ1v) is 15.6. The summed E-state index contributed by atoms with van der Waals surface area (Å²) in [6.07, 6.45) is 6.67. The molecule has 7 rings (SSSR count). The van der Waals surface area contributed by atoms with Gasteiger partial charge in [0.2, 0.25) is 0 Å². The quantitative estimate of drug-likeness (QED) is 0.418. The summed E-state index contributed by atoms with van der Waals surface area (Å²) in [5.41, 5.74) is 2.20. The lowest BCUT2D eigenvalue weighted by Gasteiger charge is -2.65. The first-order valence-electron chi connectivity index (χ1n) is 14.9. The summed E-state index contributed by atoms with van der Waals surface area (Å²) in [7, 11) is 0. The van der Waals surface area contributed by atoms with E-state index >= 15 is 0 Å². The first-order chi connectivity index (χ1) is 18.7. The summed E-state index contributed by atoms with van der Waals surface area (Å²) in [4.78, 5) is 5.19. The highest BCUT2D eigenvalue weighted by molar-refractivity contribution is 6.42. The van der Waals surface area contributed by atoms with E-state index in [0.717, 1.165) is 69.8 Å². The van der Waals surface area contributed by atoms with Gasteiger partial charge in [0.15, 0.2) is 11.5 Å². The molecule has 0 unspecified atom stereocenters. The number of halogens is 2. The maximum absolute atomic E-state index is 12.8. The van der Waals surface area contributed by atoms with Gasteiger partial charge in [0, 0.05) is 37.3 Å². The number of aliphatic hydroxyl groups is 1. The van der Waals surface area contributed by atoms with E-state index in [1.807, 2.05) is 12.1 Å². The minimum atomic E-state index is -0.847. The van der Waals surface area contributed by atoms with Crippen LogP contribution in [0.15, 0.2) is 30.3 Å². The largest absolute Gasteiger partial charge is 0.504 e. The van der Waals surface area contributed by atoms with Crippen molar-refractivity contribution in [3.05, 3.63) is 57.1 Å². The Bertz CT molecular complexity index is 1280. The number of likely N-dealkylation sites (tertiary alicyclic amines) is 1. The van der Waals surface area contributed by atoms with E-state index in [0.29, 0.717) is 21.7 Å². The Kier molecular flexibility index (Phi) is 6.45. The van der Waals surface area contributed by atoms with Gasteiger partial charge in [-0.3, -0.25) is 9.80 Å². The monoisotopic (exact) mass is 570 g/mol. The van der Waals surface area contributed by atoms with Gasteiger partial charge in [-0.25, -0.2) is 0 Å². The Morgan fingerprint density at radius 3 is 2.67 bits per heavy atom. The molecule has 2 N–H and O–H groups in total. The minimum Gasteiger partial charge on any atom is -0.504 e. The van der Waals surface area contributed by atoms with Crippen LogP contribution in [-0.2, 0) is 18.3 Å². The van der Waals surface area contributed by atoms with Gasteiger partial charge in [0.25, 0.3) is 0 Å². The number of hydrogen-bond acceptors (Lipinski definition) is 5. The lowest BCUT2D eigenvalue weighted by molar-refractivity contribution is -0.201. The first kappa shape index (κ1) is 26.4. The number of aromatic hydroxyl groups is 1. The van der Waals surface area contributed by atoms with Crippen LogP contribution in [0.5, 0.6) is 11.5 Å². The summed E-state index contributed by atoms with van der Waals surface area (Å²) < 4.78 is 6.86. The molecule has 2 aromatic rings. The van der Waals surface area contributed by atoms with Gasteiger partial charge in [-0.05, 0) is 92.7 Å². The number of ether oxygens (including phenoxy) is 1. The Morgan fingerprint density at radius 2 is 1.92 bits per heavy atom. The van der Waals surface area contributed by atoms with E-state index in [9.17, 15) is 10.2 Å². The van der Waals surface area contributed by atoms with Gasteiger partial charge in [0.05, 0.1) is 21.1 Å². The molecule has 1 spiro atoms. The molecule has 2 saturated carbocycles. The second-order valence-electron chi connectivity index (χ2n) is 13.3. The van der Waals surface area contributed by atoms with Crippen LogP contribution in [0.1, 0.15) is 62.6 Å². The van der Waals surface area contributed by atoms with E-state index in [2.05, 4.69) is 35.8 Å². The van der Waals surface area contributed by atoms with Crippen molar-refractivity contribution in [3.8, 4) is 11.5 Å². The van der Waals surface area contributed by atoms with E-state index in [1.165, 1.54) is 24.0 Å². The Labute approximate surface area is 242 Å². The molecule has 2 aromatic carbocycles. The number of hydrogen-bond donors (Lipinski definition) is 2. The van der Waals surface area contributed by atoms with Crippen LogP contribution in [0, 0.1) is 11.8 Å². The fourth-order valence-corrected chi connectivity index (χ4v) is 8.98. The third-order valence-electron chi connectivity index (χ3n) is 10.5. The number of phenols is 1. The third kappa shape index (κ3) is 4.06. The van der Waals surface area contributed by atoms with E-state index < -0.39 is 11.0 Å². The number of phenolic OH excluding ortho intramolecular Hbond substituents is 1. The van der Waals surface area contributed by atoms with Gasteiger partial charge in [-0.1, -0.05) is 49.2 Å². The van der Waals surface area contributed by atoms with Crippen LogP contribution in [0.4, 0.5) is 0 Å². The Morgan fingerprint density at radius 1 is 1.10 bits per heavy atom. The molecule has 2 heterocycles. The fourth-order valence-electron chi connectivity index (χ4n) is 8.66. The standard InChI is InChI=1S/C32H40Cl2N2O3/c1-19(2)17-35(13-10-20-5-7-23(33)24(34)15-20)25-9-11-32(38)27-16-22-6-8-26(37)29-28(22)31(32,30(25)39-29)12-14-36(27)18-21-3-4-21/h5-8,15,19,21,25,27,30,37-38H,3-4,9-14,16-18H2,1-2H3/t25-,27+,30-,31-,32+/m0/s1. The fraction of sp³-hybridized carbons (Fsp3) is 0.625. The zero-order chi connectivity index (χ0) is 27.1. The molecular formula is C32H40Cl2N2O3. The van der Waals surface area contributed by atoms with Gasteiger partial charge in [0.1, 0.15) is 6.10 Å². The van der Waals surface area contributed by atoms with Crippen molar-refractivity contribution in [1.29, 1.82) is 0 Å². The highest BCUT2D eigenvalue weighted by Crippen LogP contribution is 2.66. The highest BCUT2D eigenvalue weighted by Gasteiger charge is 2.73. The molecule has 5 atom stereocenters. The molecule has 3 aliphatic carbocycles. The Hall–Kier alpha value is -1.50. The van der Waals surface area contributed by atoms with Crippen molar-refractivity contribution in [2.24, 2.45) is 11.8 Å². The maximum atomic E-state index is 12.8. The van der Waals surface area contributed by atoms with Crippen LogP contribution in [0.25, 0.3) is 0 Å². The normalized spacial score (nSPS) is 32.9. The second-order valence-corrected chi connectivity index (χ2v) is 14.1. The zero-order valence-corrected chi connectivity index (χ0v) is 24.5. The van der Waals surface area contributed by atoms with Crippen LogP contribution in [0.2, 0.25) is 10.0 Å². The van der Waals surface area contributed by atoms with Gasteiger partial charge in [-0.15, -0.1) is 0 Å². The molecule has 2 bridgehead atoms. The average Bonchev–Trinajstić information content (AvgIpc) is 3.64. The van der Waals surface area contributed by atoms with E-state index in [-0.39, 0.29) is 23.9 Å². The van der Waals surface area contributed by atoms with E-state index in [1.54, 1.807) is 6.07 Å². The zero-order valence-electron chi connectivity index (χ0n) is 23.0. The van der Waals surface area contributed by atoms with Crippen LogP contribution >= 0.6 is 23.2 Å². The molecule has 0 amide bonds. The molecule has 0 radical (unpaired) electrons. The number of nitrogens with zero attached hydrogens (tertiary/aromatic N) is 2. The molecule has 7 heteroatoms. The topological polar surface area (TPSA) is 56.2 Å². The van der Waals surface area contributed by atoms with Crippen molar-refractivity contribution < 1.29 is 14.9 Å². The van der Waals surface area contributed by atoms with Gasteiger partial charge < -0.3 is 14.9 Å².